The highest BCUT2D eigenvalue weighted by Gasteiger charge is 2.10. The second-order valence-corrected chi connectivity index (χ2v) is 5.23. The Kier molecular flexibility index (Phi) is 4.22. The molecule has 6 nitrogen and oxygen atoms in total. The van der Waals surface area contributed by atoms with Gasteiger partial charge >= 0.3 is 6.03 Å². The number of hydrogen-bond acceptors (Lipinski definition) is 3. The van der Waals surface area contributed by atoms with Gasteiger partial charge in [0, 0.05) is 17.5 Å². The van der Waals surface area contributed by atoms with Crippen molar-refractivity contribution in [2.24, 2.45) is 0 Å². The molecule has 6 heteroatoms. The molecule has 0 radical (unpaired) electrons. The minimum Gasteiger partial charge on any atom is -0.335 e. The highest BCUT2D eigenvalue weighted by Crippen LogP contribution is 2.18. The van der Waals surface area contributed by atoms with Gasteiger partial charge in [0.1, 0.15) is 0 Å². The number of carbonyl (C=O) groups is 1. The van der Waals surface area contributed by atoms with E-state index in [1.807, 2.05) is 24.6 Å². The monoisotopic (exact) mass is 275 g/mol. The number of nitrogens with one attached hydrogen (secondary N) is 2. The number of urea groups is 1. The van der Waals surface area contributed by atoms with Crippen LogP contribution in [-0.2, 0) is 0 Å². The molecule has 0 saturated heterocycles. The predicted molar refractivity (Wildman–Crippen MR) is 79.8 cm³/mol. The van der Waals surface area contributed by atoms with Crippen molar-refractivity contribution in [1.82, 2.24) is 20.1 Å². The topological polar surface area (TPSA) is 71.8 Å². The molecule has 2 heterocycles. The summed E-state index contributed by atoms with van der Waals surface area (Å²) in [5, 5.41) is 10.9. The quantitative estimate of drug-likeness (QED) is 0.901. The predicted octanol–water partition coefficient (Wildman–Crippen LogP) is 2.93. The number of anilines is 1. The molecule has 0 fully saturated rings. The average Bonchev–Trinajstić information content (AvgIpc) is 2.81. The van der Waals surface area contributed by atoms with E-state index >= 15 is 0 Å². The third-order valence-electron chi connectivity index (χ3n) is 3.17. The van der Waals surface area contributed by atoms with E-state index in [4.69, 9.17) is 0 Å². The summed E-state index contributed by atoms with van der Waals surface area (Å²) >= 11 is 0. The second kappa shape index (κ2) is 5.90. The van der Waals surface area contributed by atoms with E-state index in [9.17, 15) is 4.79 Å². The Bertz CT molecular complexity index is 605. The molecule has 2 rings (SSSR count). The Morgan fingerprint density at radius 2 is 2.10 bits per heavy atom. The van der Waals surface area contributed by atoms with Crippen LogP contribution in [0.4, 0.5) is 10.5 Å². The number of fused-ring (bicyclic) bond motifs is 1. The summed E-state index contributed by atoms with van der Waals surface area (Å²) in [4.78, 5) is 16.1. The molecule has 0 saturated carbocycles. The fourth-order valence-electron chi connectivity index (χ4n) is 1.88. The molecule has 20 heavy (non-hydrogen) atoms. The molecule has 0 aromatic carbocycles. The highest BCUT2D eigenvalue weighted by molar-refractivity contribution is 5.91. The second-order valence-electron chi connectivity index (χ2n) is 5.23. The lowest BCUT2D eigenvalue weighted by molar-refractivity contribution is 0.249. The van der Waals surface area contributed by atoms with Crippen molar-refractivity contribution in [1.29, 1.82) is 0 Å². The number of aromatic nitrogens is 3. The Labute approximate surface area is 118 Å². The Balaban J connectivity index is 2.14. The first-order valence-electron chi connectivity index (χ1n) is 6.92. The van der Waals surface area contributed by atoms with Crippen LogP contribution in [0.1, 0.15) is 40.2 Å². The molecule has 0 bridgehead atoms. The largest absolute Gasteiger partial charge is 0.335 e. The van der Waals surface area contributed by atoms with E-state index in [2.05, 4.69) is 34.6 Å². The van der Waals surface area contributed by atoms with Crippen LogP contribution < -0.4 is 10.6 Å². The summed E-state index contributed by atoms with van der Waals surface area (Å²) in [7, 11) is 0. The summed E-state index contributed by atoms with van der Waals surface area (Å²) in [6.45, 7) is 8.10. The zero-order valence-corrected chi connectivity index (χ0v) is 12.3. The zero-order chi connectivity index (χ0) is 14.7. The molecule has 0 aliphatic carbocycles. The van der Waals surface area contributed by atoms with Crippen molar-refractivity contribution >= 4 is 22.8 Å². The van der Waals surface area contributed by atoms with E-state index in [0.29, 0.717) is 5.69 Å². The lowest BCUT2D eigenvalue weighted by atomic mass is 10.3. The third kappa shape index (κ3) is 3.07. The molecule has 1 atom stereocenters. The summed E-state index contributed by atoms with van der Waals surface area (Å²) in [5.74, 6) is 0. The van der Waals surface area contributed by atoms with Crippen LogP contribution in [0.15, 0.2) is 18.5 Å². The van der Waals surface area contributed by atoms with Gasteiger partial charge in [-0.15, -0.1) is 0 Å². The number of rotatable bonds is 4. The first-order valence-corrected chi connectivity index (χ1v) is 6.92. The Morgan fingerprint density at radius 1 is 1.35 bits per heavy atom. The first-order chi connectivity index (χ1) is 9.51. The summed E-state index contributed by atoms with van der Waals surface area (Å²) in [6.07, 6.45) is 4.31. The van der Waals surface area contributed by atoms with E-state index in [0.717, 1.165) is 17.5 Å². The van der Waals surface area contributed by atoms with Gasteiger partial charge in [-0.3, -0.25) is 0 Å². The molecule has 108 valence electrons. The SMILES string of the molecule is CCC(C)NC(=O)Nc1cnc2c(cnn2C(C)C)c1. The molecular formula is C14H21N5O. The van der Waals surface area contributed by atoms with E-state index in [1.54, 1.807) is 12.4 Å². The lowest BCUT2D eigenvalue weighted by Crippen LogP contribution is -2.35. The van der Waals surface area contributed by atoms with Gasteiger partial charge in [0.15, 0.2) is 5.65 Å². The minimum absolute atomic E-state index is 0.149. The van der Waals surface area contributed by atoms with Crippen molar-refractivity contribution < 1.29 is 4.79 Å². The van der Waals surface area contributed by atoms with E-state index < -0.39 is 0 Å². The lowest BCUT2D eigenvalue weighted by Gasteiger charge is -2.12. The van der Waals surface area contributed by atoms with Gasteiger partial charge in [-0.25, -0.2) is 14.5 Å². The fraction of sp³-hybridized carbons (Fsp3) is 0.500. The number of amides is 2. The third-order valence-corrected chi connectivity index (χ3v) is 3.17. The zero-order valence-electron chi connectivity index (χ0n) is 12.3. The van der Waals surface area contributed by atoms with Crippen LogP contribution in [0.3, 0.4) is 0 Å². The van der Waals surface area contributed by atoms with Gasteiger partial charge in [0.25, 0.3) is 0 Å². The molecule has 2 amide bonds. The van der Waals surface area contributed by atoms with Crippen LogP contribution >= 0.6 is 0 Å². The molecule has 0 spiro atoms. The molecule has 1 unspecified atom stereocenters. The van der Waals surface area contributed by atoms with Crippen LogP contribution in [-0.4, -0.2) is 26.8 Å². The smallest absolute Gasteiger partial charge is 0.319 e. The maximum absolute atomic E-state index is 11.8. The number of nitrogens with zero attached hydrogens (tertiary/aromatic N) is 3. The van der Waals surface area contributed by atoms with Gasteiger partial charge in [0.05, 0.1) is 18.1 Å². The maximum Gasteiger partial charge on any atom is 0.319 e. The summed E-state index contributed by atoms with van der Waals surface area (Å²) < 4.78 is 1.86. The van der Waals surface area contributed by atoms with Gasteiger partial charge in [-0.1, -0.05) is 6.92 Å². The summed E-state index contributed by atoms with van der Waals surface area (Å²) in [6, 6.07) is 2.07. The standard InChI is InChI=1S/C14H21N5O/c1-5-10(4)17-14(20)18-12-6-11-7-16-19(9(2)3)13(11)15-8-12/h6-10H,5H2,1-4H3,(H2,17,18,20). The molecule has 0 aliphatic rings. The van der Waals surface area contributed by atoms with Gasteiger partial charge < -0.3 is 10.6 Å². The number of hydrogen-bond donors (Lipinski definition) is 2. The number of pyridine rings is 1. The van der Waals surface area contributed by atoms with Crippen molar-refractivity contribution in [3.63, 3.8) is 0 Å². The van der Waals surface area contributed by atoms with Gasteiger partial charge in [-0.2, -0.15) is 5.10 Å². The van der Waals surface area contributed by atoms with Crippen LogP contribution in [0.5, 0.6) is 0 Å². The molecule has 2 N–H and O–H groups in total. The maximum atomic E-state index is 11.8. The van der Waals surface area contributed by atoms with Crippen LogP contribution in [0, 0.1) is 0 Å². The summed E-state index contributed by atoms with van der Waals surface area (Å²) in [5.41, 5.74) is 1.49. The van der Waals surface area contributed by atoms with Crippen molar-refractivity contribution in [3.8, 4) is 0 Å². The molecule has 2 aromatic heterocycles. The Morgan fingerprint density at radius 3 is 2.75 bits per heavy atom. The van der Waals surface area contributed by atoms with Crippen LogP contribution in [0.25, 0.3) is 11.0 Å². The van der Waals surface area contributed by atoms with E-state index in [1.165, 1.54) is 0 Å². The molecule has 0 aliphatic heterocycles. The first kappa shape index (κ1) is 14.3. The van der Waals surface area contributed by atoms with Crippen LogP contribution in [0.2, 0.25) is 0 Å². The van der Waals surface area contributed by atoms with Gasteiger partial charge in [0.2, 0.25) is 0 Å². The fourth-order valence-corrected chi connectivity index (χ4v) is 1.88. The Hall–Kier alpha value is -2.11. The minimum atomic E-state index is -0.211. The van der Waals surface area contributed by atoms with Gasteiger partial charge in [-0.05, 0) is 33.3 Å². The van der Waals surface area contributed by atoms with Crippen molar-refractivity contribution in [2.75, 3.05) is 5.32 Å². The normalized spacial score (nSPS) is 12.7. The van der Waals surface area contributed by atoms with Crippen molar-refractivity contribution in [2.45, 2.75) is 46.2 Å². The van der Waals surface area contributed by atoms with Crippen molar-refractivity contribution in [3.05, 3.63) is 18.5 Å². The molecule has 2 aromatic rings. The molecular weight excluding hydrogens is 254 g/mol. The van der Waals surface area contributed by atoms with E-state index in [-0.39, 0.29) is 18.1 Å². The average molecular weight is 275 g/mol. The highest BCUT2D eigenvalue weighted by atomic mass is 16.2. The number of carbonyl (C=O) groups excluding carboxylic acids is 1.